The number of carbonyl (C=O) groups is 1. The first-order valence-corrected chi connectivity index (χ1v) is 3.06. The second-order valence-corrected chi connectivity index (χ2v) is 2.23. The Hall–Kier alpha value is -0.713. The van der Waals surface area contributed by atoms with Crippen molar-refractivity contribution in [2.24, 2.45) is 5.73 Å². The van der Waals surface area contributed by atoms with Crippen molar-refractivity contribution >= 4 is 24.8 Å². The van der Waals surface area contributed by atoms with E-state index in [9.17, 15) is 4.79 Å². The summed E-state index contributed by atoms with van der Waals surface area (Å²) < 4.78 is 0. The summed E-state index contributed by atoms with van der Waals surface area (Å²) in [5.41, 5.74) is 6.72. The molecule has 0 spiro atoms. The fraction of sp³-hybridized carbons (Fsp3) is 0.125. The van der Waals surface area contributed by atoms with Gasteiger partial charge in [-0.1, -0.05) is 17.7 Å². The van der Waals surface area contributed by atoms with Crippen LogP contribution in [-0.4, -0.2) is 24.8 Å². The summed E-state index contributed by atoms with van der Waals surface area (Å²) in [5, 5.41) is 0. The van der Waals surface area contributed by atoms with Crippen molar-refractivity contribution in [2.45, 2.75) is 6.92 Å². The molecular formula is C8H10LiNO. The summed E-state index contributed by atoms with van der Waals surface area (Å²) in [7, 11) is 0. The Labute approximate surface area is 78.0 Å². The maximum absolute atomic E-state index is 10.5. The van der Waals surface area contributed by atoms with E-state index in [2.05, 4.69) is 0 Å². The number of benzene rings is 1. The Morgan fingerprint density at radius 2 is 1.73 bits per heavy atom. The van der Waals surface area contributed by atoms with Gasteiger partial charge in [0.1, 0.15) is 0 Å². The van der Waals surface area contributed by atoms with Crippen LogP contribution in [0.25, 0.3) is 0 Å². The molecule has 1 aromatic rings. The van der Waals surface area contributed by atoms with Gasteiger partial charge in [0.2, 0.25) is 5.91 Å². The van der Waals surface area contributed by atoms with Gasteiger partial charge in [-0.25, -0.2) is 0 Å². The fourth-order valence-electron chi connectivity index (χ4n) is 0.718. The molecule has 1 amide bonds. The monoisotopic (exact) mass is 143 g/mol. The molecule has 0 fully saturated rings. The van der Waals surface area contributed by atoms with Crippen LogP contribution in [0.15, 0.2) is 24.3 Å². The van der Waals surface area contributed by atoms with Gasteiger partial charge in [-0.05, 0) is 19.1 Å². The van der Waals surface area contributed by atoms with E-state index in [-0.39, 0.29) is 24.8 Å². The quantitative estimate of drug-likeness (QED) is 0.569. The van der Waals surface area contributed by atoms with E-state index in [1.165, 1.54) is 0 Å². The molecule has 3 heteroatoms. The van der Waals surface area contributed by atoms with E-state index < -0.39 is 0 Å². The van der Waals surface area contributed by atoms with E-state index >= 15 is 0 Å². The SMILES string of the molecule is Cc1ccc(C(N)=O)cc1.[LiH]. The Bertz CT molecular complexity index is 243. The molecule has 1 rings (SSSR count). The number of hydrogen-bond acceptors (Lipinski definition) is 1. The van der Waals surface area contributed by atoms with Crippen LogP contribution in [0.5, 0.6) is 0 Å². The third-order valence-corrected chi connectivity index (χ3v) is 1.34. The molecule has 2 nitrogen and oxygen atoms in total. The second-order valence-electron chi connectivity index (χ2n) is 2.23. The van der Waals surface area contributed by atoms with E-state index in [0.29, 0.717) is 5.56 Å². The first-order valence-electron chi connectivity index (χ1n) is 3.06. The van der Waals surface area contributed by atoms with Crippen molar-refractivity contribution in [1.29, 1.82) is 0 Å². The van der Waals surface area contributed by atoms with Gasteiger partial charge in [0.25, 0.3) is 0 Å². The van der Waals surface area contributed by atoms with E-state index in [1.807, 2.05) is 19.1 Å². The van der Waals surface area contributed by atoms with Crippen LogP contribution in [-0.2, 0) is 0 Å². The third kappa shape index (κ3) is 2.79. The molecular weight excluding hydrogens is 133 g/mol. The second kappa shape index (κ2) is 4.22. The Morgan fingerprint density at radius 3 is 2.09 bits per heavy atom. The van der Waals surface area contributed by atoms with Crippen molar-refractivity contribution in [1.82, 2.24) is 0 Å². The molecule has 54 valence electrons. The van der Waals surface area contributed by atoms with Gasteiger partial charge < -0.3 is 5.73 Å². The Morgan fingerprint density at radius 1 is 1.27 bits per heavy atom. The zero-order chi connectivity index (χ0) is 7.56. The topological polar surface area (TPSA) is 43.1 Å². The van der Waals surface area contributed by atoms with E-state index in [1.54, 1.807) is 12.1 Å². The number of aryl methyl sites for hydroxylation is 1. The molecule has 11 heavy (non-hydrogen) atoms. The molecule has 0 unspecified atom stereocenters. The molecule has 0 aliphatic rings. The number of primary amides is 1. The molecule has 0 aliphatic carbocycles. The van der Waals surface area contributed by atoms with Crippen molar-refractivity contribution in [2.75, 3.05) is 0 Å². The van der Waals surface area contributed by atoms with Gasteiger partial charge in [-0.15, -0.1) is 0 Å². The summed E-state index contributed by atoms with van der Waals surface area (Å²) in [6.07, 6.45) is 0. The van der Waals surface area contributed by atoms with Crippen LogP contribution in [0.3, 0.4) is 0 Å². The third-order valence-electron chi connectivity index (χ3n) is 1.34. The zero-order valence-electron chi connectivity index (χ0n) is 5.79. The van der Waals surface area contributed by atoms with Crippen LogP contribution in [0.4, 0.5) is 0 Å². The number of hydrogen-bond donors (Lipinski definition) is 1. The molecule has 1 aromatic carbocycles. The summed E-state index contributed by atoms with van der Waals surface area (Å²) in [4.78, 5) is 10.5. The van der Waals surface area contributed by atoms with Gasteiger partial charge in [0.15, 0.2) is 0 Å². The van der Waals surface area contributed by atoms with Gasteiger partial charge in [0.05, 0.1) is 0 Å². The minimum absolute atomic E-state index is 0. The summed E-state index contributed by atoms with van der Waals surface area (Å²) in [5.74, 6) is -0.375. The molecule has 0 atom stereocenters. The van der Waals surface area contributed by atoms with Crippen molar-refractivity contribution in [3.63, 3.8) is 0 Å². The van der Waals surface area contributed by atoms with Gasteiger partial charge in [-0.2, -0.15) is 0 Å². The predicted octanol–water partition coefficient (Wildman–Crippen LogP) is 0.445. The van der Waals surface area contributed by atoms with Crippen LogP contribution in [0.1, 0.15) is 15.9 Å². The van der Waals surface area contributed by atoms with E-state index in [4.69, 9.17) is 5.73 Å². The number of rotatable bonds is 1. The normalized spacial score (nSPS) is 8.45. The van der Waals surface area contributed by atoms with Crippen LogP contribution >= 0.6 is 0 Å². The predicted molar refractivity (Wildman–Crippen MR) is 46.8 cm³/mol. The maximum atomic E-state index is 10.5. The zero-order valence-corrected chi connectivity index (χ0v) is 5.79. The summed E-state index contributed by atoms with van der Waals surface area (Å²) >= 11 is 0. The summed E-state index contributed by atoms with van der Waals surface area (Å²) in [6.45, 7) is 1.96. The molecule has 2 N–H and O–H groups in total. The standard InChI is InChI=1S/C8H9NO.Li.H/c1-6-2-4-7(5-3-6)8(9)10;;/h2-5H,1H3,(H2,9,10);;. The molecule has 0 aliphatic heterocycles. The average molecular weight is 143 g/mol. The van der Waals surface area contributed by atoms with Crippen LogP contribution in [0, 0.1) is 6.92 Å². The minimum atomic E-state index is -0.375. The van der Waals surface area contributed by atoms with Crippen molar-refractivity contribution < 1.29 is 4.79 Å². The molecule has 0 bridgehead atoms. The average Bonchev–Trinajstić information content (AvgIpc) is 1.88. The van der Waals surface area contributed by atoms with Crippen LogP contribution in [0.2, 0.25) is 0 Å². The molecule has 0 radical (unpaired) electrons. The van der Waals surface area contributed by atoms with E-state index in [0.717, 1.165) is 5.56 Å². The number of carbonyl (C=O) groups excluding carboxylic acids is 1. The van der Waals surface area contributed by atoms with Crippen molar-refractivity contribution in [3.8, 4) is 0 Å². The van der Waals surface area contributed by atoms with Crippen molar-refractivity contribution in [3.05, 3.63) is 35.4 Å². The first-order chi connectivity index (χ1) is 4.70. The first kappa shape index (κ1) is 10.3. The van der Waals surface area contributed by atoms with Crippen LogP contribution < -0.4 is 5.73 Å². The Balaban J connectivity index is 0.000001000. The van der Waals surface area contributed by atoms with Gasteiger partial charge in [-0.3, -0.25) is 4.79 Å². The van der Waals surface area contributed by atoms with Gasteiger partial charge in [0, 0.05) is 5.56 Å². The summed E-state index contributed by atoms with van der Waals surface area (Å²) in [6, 6.07) is 7.16. The molecule has 0 heterocycles. The fourth-order valence-corrected chi connectivity index (χ4v) is 0.718. The molecule has 0 saturated carbocycles. The number of amides is 1. The molecule has 0 saturated heterocycles. The van der Waals surface area contributed by atoms with Gasteiger partial charge >= 0.3 is 18.9 Å². The number of nitrogens with two attached hydrogens (primary N) is 1. The molecule has 0 aromatic heterocycles. The Kier molecular flexibility index (Phi) is 3.95.